The zero-order valence-corrected chi connectivity index (χ0v) is 16.0. The van der Waals surface area contributed by atoms with Crippen molar-refractivity contribution >= 4 is 29.1 Å². The van der Waals surface area contributed by atoms with E-state index in [4.69, 9.17) is 11.2 Å². The molecule has 0 aliphatic carbocycles. The number of benzene rings is 2. The Kier molecular flexibility index (Phi) is 6.15. The Morgan fingerprint density at radius 1 is 1.21 bits per heavy atom. The summed E-state index contributed by atoms with van der Waals surface area (Å²) in [5.41, 5.74) is 1.40. The van der Waals surface area contributed by atoms with E-state index in [0.29, 0.717) is 22.7 Å². The minimum Gasteiger partial charge on any atom is -0.497 e. The van der Waals surface area contributed by atoms with E-state index in [-0.39, 0.29) is 37.2 Å². The number of amides is 3. The number of anilines is 2. The van der Waals surface area contributed by atoms with Gasteiger partial charge in [0.05, 0.1) is 30.8 Å². The minimum absolute atomic E-state index is 0.0923. The molecule has 0 aromatic heterocycles. The van der Waals surface area contributed by atoms with Gasteiger partial charge in [-0.15, -0.1) is 6.42 Å². The molecule has 0 radical (unpaired) electrons. The van der Waals surface area contributed by atoms with Crippen molar-refractivity contribution in [2.24, 2.45) is 5.92 Å². The second-order valence-electron chi connectivity index (χ2n) is 6.53. The predicted molar refractivity (Wildman–Crippen MR) is 110 cm³/mol. The van der Waals surface area contributed by atoms with Crippen LogP contribution < -0.4 is 20.3 Å². The molecule has 0 spiro atoms. The third-order valence-electron chi connectivity index (χ3n) is 4.66. The number of hydrogen-bond donors (Lipinski definition) is 2. The molecule has 7 nitrogen and oxygen atoms in total. The van der Waals surface area contributed by atoms with Gasteiger partial charge in [-0.25, -0.2) is 0 Å². The van der Waals surface area contributed by atoms with E-state index >= 15 is 0 Å². The number of hydrogen-bond acceptors (Lipinski definition) is 4. The average molecular weight is 391 g/mol. The lowest BCUT2D eigenvalue weighted by Gasteiger charge is -2.17. The quantitative estimate of drug-likeness (QED) is 0.738. The third kappa shape index (κ3) is 4.55. The van der Waals surface area contributed by atoms with Crippen molar-refractivity contribution in [2.75, 3.05) is 30.4 Å². The second kappa shape index (κ2) is 8.93. The van der Waals surface area contributed by atoms with Crippen molar-refractivity contribution in [3.63, 3.8) is 0 Å². The molecular weight excluding hydrogens is 370 g/mol. The molecule has 3 amide bonds. The molecule has 0 saturated carbocycles. The van der Waals surface area contributed by atoms with Crippen molar-refractivity contribution in [1.29, 1.82) is 0 Å². The number of para-hydroxylation sites is 1. The Labute approximate surface area is 169 Å². The highest BCUT2D eigenvalue weighted by Gasteiger charge is 2.35. The number of carbonyl (C=O) groups excluding carboxylic acids is 3. The molecule has 1 atom stereocenters. The molecule has 1 heterocycles. The van der Waals surface area contributed by atoms with Crippen molar-refractivity contribution in [2.45, 2.75) is 6.42 Å². The molecule has 2 N–H and O–H groups in total. The van der Waals surface area contributed by atoms with Crippen LogP contribution in [0, 0.1) is 18.3 Å². The molecule has 1 aliphatic rings. The smallest absolute Gasteiger partial charge is 0.254 e. The van der Waals surface area contributed by atoms with Crippen molar-refractivity contribution < 1.29 is 19.1 Å². The second-order valence-corrected chi connectivity index (χ2v) is 6.53. The molecule has 29 heavy (non-hydrogen) atoms. The van der Waals surface area contributed by atoms with Gasteiger partial charge in [0.1, 0.15) is 5.75 Å². The highest BCUT2D eigenvalue weighted by atomic mass is 16.5. The summed E-state index contributed by atoms with van der Waals surface area (Å²) in [6, 6.07) is 13.8. The van der Waals surface area contributed by atoms with E-state index in [0.717, 1.165) is 0 Å². The summed E-state index contributed by atoms with van der Waals surface area (Å²) in [5.74, 6) is 1.69. The van der Waals surface area contributed by atoms with E-state index in [1.807, 2.05) is 0 Å². The first-order chi connectivity index (χ1) is 14.0. The molecule has 7 heteroatoms. The molecule has 0 bridgehead atoms. The number of terminal acetylenes is 1. The van der Waals surface area contributed by atoms with Gasteiger partial charge in [-0.2, -0.15) is 0 Å². The van der Waals surface area contributed by atoms with Crippen LogP contribution >= 0.6 is 0 Å². The van der Waals surface area contributed by atoms with Crippen LogP contribution in [-0.2, 0) is 9.59 Å². The van der Waals surface area contributed by atoms with Crippen LogP contribution in [0.5, 0.6) is 5.75 Å². The van der Waals surface area contributed by atoms with Crippen molar-refractivity contribution in [3.8, 4) is 18.1 Å². The van der Waals surface area contributed by atoms with Gasteiger partial charge >= 0.3 is 0 Å². The zero-order valence-electron chi connectivity index (χ0n) is 16.0. The SMILES string of the molecule is C#CCNC(=O)c1ccccc1NC(=O)C1CC(=O)N(c2ccc(OC)cc2)C1. The number of nitrogens with one attached hydrogen (secondary N) is 2. The maximum absolute atomic E-state index is 12.8. The van der Waals surface area contributed by atoms with Crippen molar-refractivity contribution in [1.82, 2.24) is 5.32 Å². The first-order valence-corrected chi connectivity index (χ1v) is 9.09. The summed E-state index contributed by atoms with van der Waals surface area (Å²) < 4.78 is 5.13. The Morgan fingerprint density at radius 2 is 1.93 bits per heavy atom. The lowest BCUT2D eigenvalue weighted by atomic mass is 10.1. The predicted octanol–water partition coefficient (Wildman–Crippen LogP) is 2.05. The number of carbonyl (C=O) groups is 3. The molecule has 1 aliphatic heterocycles. The van der Waals surface area contributed by atoms with Crippen LogP contribution in [0.25, 0.3) is 0 Å². The number of methoxy groups -OCH3 is 1. The molecule has 2 aromatic carbocycles. The Hall–Kier alpha value is -3.79. The first kappa shape index (κ1) is 20.0. The maximum atomic E-state index is 12.8. The van der Waals surface area contributed by atoms with Gasteiger partial charge in [-0.1, -0.05) is 18.1 Å². The summed E-state index contributed by atoms with van der Waals surface area (Å²) in [6.45, 7) is 0.359. The molecule has 1 unspecified atom stereocenters. The standard InChI is InChI=1S/C22H21N3O4/c1-3-12-23-22(28)18-6-4-5-7-19(18)24-21(27)15-13-20(26)25(14-15)16-8-10-17(29-2)11-9-16/h1,4-11,15H,12-14H2,2H3,(H,23,28)(H,24,27). The normalized spacial score (nSPS) is 15.5. The average Bonchev–Trinajstić information content (AvgIpc) is 3.14. The van der Waals surface area contributed by atoms with Gasteiger partial charge in [0.15, 0.2) is 0 Å². The Balaban J connectivity index is 1.70. The van der Waals surface area contributed by atoms with Gasteiger partial charge in [0.25, 0.3) is 5.91 Å². The van der Waals surface area contributed by atoms with Crippen molar-refractivity contribution in [3.05, 3.63) is 54.1 Å². The summed E-state index contributed by atoms with van der Waals surface area (Å²) in [7, 11) is 1.57. The number of nitrogens with zero attached hydrogens (tertiary/aromatic N) is 1. The molecule has 148 valence electrons. The Bertz CT molecular complexity index is 963. The summed E-state index contributed by atoms with van der Waals surface area (Å²) in [5, 5.41) is 5.35. The van der Waals surface area contributed by atoms with Gasteiger partial charge < -0.3 is 20.3 Å². The lowest BCUT2D eigenvalue weighted by molar-refractivity contribution is -0.122. The van der Waals surface area contributed by atoms with Crippen LogP contribution in [-0.4, -0.2) is 37.9 Å². The van der Waals surface area contributed by atoms with Gasteiger partial charge in [-0.3, -0.25) is 14.4 Å². The lowest BCUT2D eigenvalue weighted by Crippen LogP contribution is -2.29. The Morgan fingerprint density at radius 3 is 2.62 bits per heavy atom. The van der Waals surface area contributed by atoms with E-state index in [2.05, 4.69) is 16.6 Å². The molecular formula is C22H21N3O4. The number of rotatable bonds is 6. The highest BCUT2D eigenvalue weighted by molar-refractivity contribution is 6.07. The van der Waals surface area contributed by atoms with Gasteiger partial charge in [-0.05, 0) is 36.4 Å². The zero-order chi connectivity index (χ0) is 20.8. The molecule has 2 aromatic rings. The topological polar surface area (TPSA) is 87.7 Å². The fraction of sp³-hybridized carbons (Fsp3) is 0.227. The monoisotopic (exact) mass is 391 g/mol. The van der Waals surface area contributed by atoms with Gasteiger partial charge in [0, 0.05) is 18.7 Å². The summed E-state index contributed by atoms with van der Waals surface area (Å²) in [4.78, 5) is 39.0. The molecule has 1 saturated heterocycles. The summed E-state index contributed by atoms with van der Waals surface area (Å²) >= 11 is 0. The van der Waals surface area contributed by atoms with Crippen LogP contribution in [0.1, 0.15) is 16.8 Å². The summed E-state index contributed by atoms with van der Waals surface area (Å²) in [6.07, 6.45) is 5.27. The molecule has 3 rings (SSSR count). The van der Waals surface area contributed by atoms with Crippen LogP contribution in [0.15, 0.2) is 48.5 Å². The number of ether oxygens (including phenoxy) is 1. The van der Waals surface area contributed by atoms with Crippen LogP contribution in [0.3, 0.4) is 0 Å². The minimum atomic E-state index is -0.522. The van der Waals surface area contributed by atoms with E-state index in [1.54, 1.807) is 60.5 Å². The van der Waals surface area contributed by atoms with Crippen LogP contribution in [0.4, 0.5) is 11.4 Å². The first-order valence-electron chi connectivity index (χ1n) is 9.09. The van der Waals surface area contributed by atoms with Crippen LogP contribution in [0.2, 0.25) is 0 Å². The largest absolute Gasteiger partial charge is 0.497 e. The fourth-order valence-electron chi connectivity index (χ4n) is 3.15. The molecule has 1 fully saturated rings. The third-order valence-corrected chi connectivity index (χ3v) is 4.66. The highest BCUT2D eigenvalue weighted by Crippen LogP contribution is 2.28. The maximum Gasteiger partial charge on any atom is 0.254 e. The van der Waals surface area contributed by atoms with E-state index in [1.165, 1.54) is 0 Å². The van der Waals surface area contributed by atoms with E-state index in [9.17, 15) is 14.4 Å². The van der Waals surface area contributed by atoms with E-state index < -0.39 is 5.92 Å². The fourth-order valence-corrected chi connectivity index (χ4v) is 3.15. The van der Waals surface area contributed by atoms with Gasteiger partial charge in [0.2, 0.25) is 11.8 Å².